The predicted molar refractivity (Wildman–Crippen MR) is 296 cm³/mol. The van der Waals surface area contributed by atoms with Crippen LogP contribution < -0.4 is 0 Å². The van der Waals surface area contributed by atoms with Gasteiger partial charge in [-0.3, -0.25) is 0 Å². The number of rotatable bonds is 7. The first kappa shape index (κ1) is 47.8. The van der Waals surface area contributed by atoms with Gasteiger partial charge in [0.2, 0.25) is 0 Å². The number of nitrogens with zero attached hydrogens (tertiary/aromatic N) is 3. The smallest absolute Gasteiger partial charge is 0.309 e. The zero-order valence-corrected chi connectivity index (χ0v) is 41.7. The Bertz CT molecular complexity index is 4080. The van der Waals surface area contributed by atoms with Gasteiger partial charge < -0.3 is 9.13 Å². The summed E-state index contributed by atoms with van der Waals surface area (Å²) in [6, 6.07) is 64.0. The Kier molecular flexibility index (Phi) is 11.4. The topological polar surface area (TPSA) is 33.6 Å². The van der Waals surface area contributed by atoms with Crippen molar-refractivity contribution in [1.29, 1.82) is 5.26 Å². The van der Waals surface area contributed by atoms with Gasteiger partial charge in [-0.25, -0.2) is 0 Å². The van der Waals surface area contributed by atoms with E-state index in [0.717, 1.165) is 100 Å². The van der Waals surface area contributed by atoms with E-state index in [1.807, 2.05) is 158 Å². The molecule has 0 unspecified atom stereocenters. The van der Waals surface area contributed by atoms with E-state index in [0.29, 0.717) is 22.1 Å². The number of aromatic nitrogens is 2. The van der Waals surface area contributed by atoms with Crippen LogP contribution >= 0.6 is 0 Å². The van der Waals surface area contributed by atoms with Crippen LogP contribution in [0.15, 0.2) is 200 Å². The molecule has 12 aromatic rings. The van der Waals surface area contributed by atoms with Crippen LogP contribution in [0, 0.1) is 39.0 Å². The van der Waals surface area contributed by atoms with E-state index in [2.05, 4.69) is 54.6 Å². The summed E-state index contributed by atoms with van der Waals surface area (Å²) >= 11 is 0. The molecule has 0 saturated heterocycles. The van der Waals surface area contributed by atoms with Crippen molar-refractivity contribution in [2.75, 3.05) is 0 Å². The minimum Gasteiger partial charge on any atom is -0.309 e. The van der Waals surface area contributed by atoms with E-state index >= 15 is 0 Å². The van der Waals surface area contributed by atoms with Crippen LogP contribution in [0.4, 0.5) is 26.3 Å². The van der Waals surface area contributed by atoms with Crippen LogP contribution in [0.25, 0.3) is 111 Å². The molecule has 2 aromatic heterocycles. The number of hydrogen-bond donors (Lipinski definition) is 0. The van der Waals surface area contributed by atoms with Crippen molar-refractivity contribution in [2.24, 2.45) is 0 Å². The summed E-state index contributed by atoms with van der Waals surface area (Å²) in [6.07, 6.45) is -10.3. The zero-order valence-electron chi connectivity index (χ0n) is 41.7. The normalized spacial score (nSPS) is 12.1. The first-order valence-electron chi connectivity index (χ1n) is 24.8. The molecule has 0 spiro atoms. The molecule has 370 valence electrons. The summed E-state index contributed by atoms with van der Waals surface area (Å²) in [4.78, 5) is 0. The highest BCUT2D eigenvalue weighted by molar-refractivity contribution is 6.14. The minimum atomic E-state index is -5.13. The van der Waals surface area contributed by atoms with Gasteiger partial charge in [0.15, 0.2) is 0 Å². The second-order valence-electron chi connectivity index (χ2n) is 19.9. The highest BCUT2D eigenvalue weighted by atomic mass is 19.4. The van der Waals surface area contributed by atoms with Crippen LogP contribution in [-0.2, 0) is 12.4 Å². The summed E-state index contributed by atoms with van der Waals surface area (Å²) in [7, 11) is 0. The maximum atomic E-state index is 14.9. The van der Waals surface area contributed by atoms with E-state index < -0.39 is 23.5 Å². The standard InChI is InChI=1S/C67H45F6N3/c1-39-5-13-43(14-6-39)47-21-25-60-56(31-47)57-32-48(44-15-7-40(2)8-16-44)22-26-61(57)75(60)64-37-55(51-29-53(66(68,69)70)36-54(30-51)67(71,72)73)65(35-52(64)38-74)76-62-27-23-49(45-17-9-41(3)10-18-45)33-58(62)59-34-50(24-28-63(59)76)46-19-11-42(4)12-20-46/h5-37H,1-4H3. The Labute approximate surface area is 434 Å². The van der Waals surface area contributed by atoms with Gasteiger partial charge >= 0.3 is 12.4 Å². The summed E-state index contributed by atoms with van der Waals surface area (Å²) in [5.41, 5.74) is 12.1. The fourth-order valence-electron chi connectivity index (χ4n) is 10.6. The maximum Gasteiger partial charge on any atom is 0.416 e. The van der Waals surface area contributed by atoms with Gasteiger partial charge in [-0.15, -0.1) is 0 Å². The van der Waals surface area contributed by atoms with Crippen molar-refractivity contribution in [3.8, 4) is 73.1 Å². The average Bonchev–Trinajstić information content (AvgIpc) is 3.96. The quantitative estimate of drug-likeness (QED) is 0.147. The van der Waals surface area contributed by atoms with Crippen LogP contribution in [-0.4, -0.2) is 9.13 Å². The second-order valence-corrected chi connectivity index (χ2v) is 19.9. The van der Waals surface area contributed by atoms with Crippen molar-refractivity contribution in [3.05, 3.63) is 239 Å². The lowest BCUT2D eigenvalue weighted by molar-refractivity contribution is -0.143. The first-order chi connectivity index (χ1) is 36.5. The van der Waals surface area contributed by atoms with Gasteiger partial charge in [-0.05, 0) is 157 Å². The van der Waals surface area contributed by atoms with Gasteiger partial charge in [0.05, 0.1) is 50.1 Å². The van der Waals surface area contributed by atoms with Gasteiger partial charge in [0, 0.05) is 27.1 Å². The Balaban J connectivity index is 1.18. The lowest BCUT2D eigenvalue weighted by atomic mass is 9.95. The van der Waals surface area contributed by atoms with Crippen LogP contribution in [0.5, 0.6) is 0 Å². The summed E-state index contributed by atoms with van der Waals surface area (Å²) in [5, 5.41) is 14.7. The Hall–Kier alpha value is -9.13. The fraction of sp³-hybridized carbons (Fsp3) is 0.0896. The van der Waals surface area contributed by atoms with Gasteiger partial charge in [0.1, 0.15) is 6.07 Å². The van der Waals surface area contributed by atoms with Crippen molar-refractivity contribution in [1.82, 2.24) is 9.13 Å². The SMILES string of the molecule is Cc1ccc(-c2ccc3c(c2)c2cc(-c4ccc(C)cc4)ccc2n3-c2cc(-c3cc(C(F)(F)F)cc(C(F)(F)F)c3)c(-n3c4ccc(-c5ccc(C)cc5)cc4c4cc(-c5ccc(C)cc5)ccc43)cc2C#N)cc1. The van der Waals surface area contributed by atoms with Crippen LogP contribution in [0.1, 0.15) is 38.9 Å². The number of nitriles is 1. The van der Waals surface area contributed by atoms with Gasteiger partial charge in [-0.2, -0.15) is 31.6 Å². The lowest BCUT2D eigenvalue weighted by Crippen LogP contribution is -2.11. The Morgan fingerprint density at radius 2 is 0.605 bits per heavy atom. The number of hydrogen-bond acceptors (Lipinski definition) is 1. The molecule has 3 nitrogen and oxygen atoms in total. The van der Waals surface area contributed by atoms with Crippen molar-refractivity contribution in [2.45, 2.75) is 40.0 Å². The third kappa shape index (κ3) is 8.46. The average molecular weight is 1010 g/mol. The summed E-state index contributed by atoms with van der Waals surface area (Å²) < 4.78 is 93.4. The first-order valence-corrected chi connectivity index (χ1v) is 24.8. The number of alkyl halides is 6. The molecular weight excluding hydrogens is 961 g/mol. The molecule has 0 aliphatic heterocycles. The van der Waals surface area contributed by atoms with E-state index in [9.17, 15) is 31.6 Å². The molecule has 0 saturated carbocycles. The highest BCUT2D eigenvalue weighted by Crippen LogP contribution is 2.46. The molecule has 10 aromatic carbocycles. The van der Waals surface area contributed by atoms with Gasteiger partial charge in [0.25, 0.3) is 0 Å². The molecular formula is C67H45F6N3. The second kappa shape index (κ2) is 18.1. The zero-order chi connectivity index (χ0) is 52.8. The Morgan fingerprint density at radius 1 is 0.316 bits per heavy atom. The molecule has 0 bridgehead atoms. The molecule has 0 N–H and O–H groups in total. The maximum absolute atomic E-state index is 14.9. The lowest BCUT2D eigenvalue weighted by Gasteiger charge is -2.21. The fourth-order valence-corrected chi connectivity index (χ4v) is 10.6. The molecule has 0 atom stereocenters. The monoisotopic (exact) mass is 1010 g/mol. The third-order valence-electron chi connectivity index (χ3n) is 14.7. The molecule has 76 heavy (non-hydrogen) atoms. The van der Waals surface area contributed by atoms with E-state index in [4.69, 9.17) is 0 Å². The van der Waals surface area contributed by atoms with Crippen molar-refractivity contribution < 1.29 is 26.3 Å². The molecule has 2 heterocycles. The van der Waals surface area contributed by atoms with E-state index in [1.165, 1.54) is 0 Å². The molecule has 0 aliphatic carbocycles. The number of fused-ring (bicyclic) bond motifs is 6. The van der Waals surface area contributed by atoms with E-state index in [1.54, 1.807) is 12.1 Å². The number of halogens is 6. The van der Waals surface area contributed by atoms with Crippen LogP contribution in [0.3, 0.4) is 0 Å². The predicted octanol–water partition coefficient (Wildman–Crippen LogP) is 19.4. The van der Waals surface area contributed by atoms with Crippen molar-refractivity contribution in [3.63, 3.8) is 0 Å². The van der Waals surface area contributed by atoms with Crippen molar-refractivity contribution >= 4 is 43.6 Å². The van der Waals surface area contributed by atoms with Gasteiger partial charge in [-0.1, -0.05) is 144 Å². The largest absolute Gasteiger partial charge is 0.416 e. The highest BCUT2D eigenvalue weighted by Gasteiger charge is 2.38. The summed E-state index contributed by atoms with van der Waals surface area (Å²) in [5.74, 6) is 0. The minimum absolute atomic E-state index is 0.0529. The third-order valence-corrected chi connectivity index (χ3v) is 14.7. The number of benzene rings is 10. The van der Waals surface area contributed by atoms with Crippen LogP contribution in [0.2, 0.25) is 0 Å². The summed E-state index contributed by atoms with van der Waals surface area (Å²) in [6.45, 7) is 8.07. The molecule has 0 fully saturated rings. The van der Waals surface area contributed by atoms with E-state index in [-0.39, 0.29) is 34.1 Å². The molecule has 0 aliphatic rings. The molecule has 0 radical (unpaired) electrons. The molecule has 9 heteroatoms. The number of aryl methyl sites for hydroxylation is 4. The molecule has 12 rings (SSSR count). The Morgan fingerprint density at radius 3 is 0.895 bits per heavy atom. The molecule has 0 amide bonds.